The van der Waals surface area contributed by atoms with Gasteiger partial charge in [0, 0.05) is 13.1 Å². The van der Waals surface area contributed by atoms with Gasteiger partial charge >= 0.3 is 6.03 Å². The lowest BCUT2D eigenvalue weighted by molar-refractivity contribution is 0.0957. The van der Waals surface area contributed by atoms with Crippen molar-refractivity contribution in [3.8, 4) is 0 Å². The van der Waals surface area contributed by atoms with Gasteiger partial charge in [-0.25, -0.2) is 18.0 Å². The van der Waals surface area contributed by atoms with Gasteiger partial charge in [-0.3, -0.25) is 15.0 Å². The van der Waals surface area contributed by atoms with Gasteiger partial charge in [0.25, 0.3) is 5.91 Å². The Balaban J connectivity index is 2.17. The fraction of sp³-hybridized carbons (Fsp3) is 0.111. The molecular formula is C18H15F3N2O3S. The van der Waals surface area contributed by atoms with Gasteiger partial charge in [0.1, 0.15) is 23.0 Å². The number of rotatable bonds is 5. The number of halogens is 3. The molecule has 0 aromatic heterocycles. The van der Waals surface area contributed by atoms with Gasteiger partial charge < -0.3 is 4.55 Å². The van der Waals surface area contributed by atoms with Crippen molar-refractivity contribution in [3.63, 3.8) is 0 Å². The summed E-state index contributed by atoms with van der Waals surface area (Å²) < 4.78 is 53.3. The SMILES string of the molecule is C=CC[S+]([O-])c1ccc(N(C)C(=O)NC(=O)c2c(F)cccc2F)c(F)c1. The third kappa shape index (κ3) is 4.69. The lowest BCUT2D eigenvalue weighted by atomic mass is 10.2. The number of nitrogens with one attached hydrogen (secondary N) is 1. The van der Waals surface area contributed by atoms with Gasteiger partial charge in [0.15, 0.2) is 10.7 Å². The summed E-state index contributed by atoms with van der Waals surface area (Å²) in [7, 11) is 1.17. The maximum atomic E-state index is 14.3. The largest absolute Gasteiger partial charge is 0.611 e. The zero-order valence-corrected chi connectivity index (χ0v) is 15.0. The normalized spacial score (nSPS) is 11.6. The molecule has 1 atom stereocenters. The minimum Gasteiger partial charge on any atom is -0.611 e. The molecule has 1 N–H and O–H groups in total. The van der Waals surface area contributed by atoms with E-state index in [-0.39, 0.29) is 16.3 Å². The predicted octanol–water partition coefficient (Wildman–Crippen LogP) is 3.38. The summed E-state index contributed by atoms with van der Waals surface area (Å²) in [5, 5.41) is 1.79. The molecule has 2 rings (SSSR count). The topological polar surface area (TPSA) is 72.5 Å². The molecule has 0 radical (unpaired) electrons. The first-order chi connectivity index (χ1) is 12.8. The Morgan fingerprint density at radius 1 is 1.19 bits per heavy atom. The van der Waals surface area contributed by atoms with Crippen molar-refractivity contribution < 1.29 is 27.3 Å². The van der Waals surface area contributed by atoms with E-state index in [4.69, 9.17) is 0 Å². The smallest absolute Gasteiger partial charge is 0.328 e. The molecule has 0 aliphatic carbocycles. The summed E-state index contributed by atoms with van der Waals surface area (Å²) in [4.78, 5) is 25.0. The Kier molecular flexibility index (Phi) is 6.65. The van der Waals surface area contributed by atoms with E-state index in [2.05, 4.69) is 6.58 Å². The van der Waals surface area contributed by atoms with E-state index in [9.17, 15) is 27.3 Å². The molecule has 142 valence electrons. The molecule has 0 aliphatic rings. The number of nitrogens with zero attached hydrogens (tertiary/aromatic N) is 1. The Labute approximate surface area is 156 Å². The highest BCUT2D eigenvalue weighted by atomic mass is 32.2. The molecular weight excluding hydrogens is 381 g/mol. The highest BCUT2D eigenvalue weighted by Gasteiger charge is 2.23. The maximum Gasteiger partial charge on any atom is 0.328 e. The average Bonchev–Trinajstić information content (AvgIpc) is 2.61. The van der Waals surface area contributed by atoms with Gasteiger partial charge in [-0.2, -0.15) is 0 Å². The highest BCUT2D eigenvalue weighted by molar-refractivity contribution is 7.91. The number of imide groups is 1. The number of hydrogen-bond donors (Lipinski definition) is 1. The second kappa shape index (κ2) is 8.74. The molecule has 5 nitrogen and oxygen atoms in total. The minimum atomic E-state index is -1.48. The monoisotopic (exact) mass is 396 g/mol. The first kappa shape index (κ1) is 20.5. The quantitative estimate of drug-likeness (QED) is 0.622. The van der Waals surface area contributed by atoms with Gasteiger partial charge in [-0.05, 0) is 41.5 Å². The molecule has 3 amide bonds. The lowest BCUT2D eigenvalue weighted by Crippen LogP contribution is -2.41. The molecule has 0 aliphatic heterocycles. The molecule has 2 aromatic carbocycles. The van der Waals surface area contributed by atoms with Crippen molar-refractivity contribution in [1.82, 2.24) is 5.32 Å². The zero-order valence-electron chi connectivity index (χ0n) is 14.2. The third-order valence-corrected chi connectivity index (χ3v) is 4.85. The summed E-state index contributed by atoms with van der Waals surface area (Å²) in [6.07, 6.45) is 1.43. The number of carbonyl (C=O) groups is 2. The van der Waals surface area contributed by atoms with Crippen LogP contribution in [-0.4, -0.2) is 29.3 Å². The van der Waals surface area contributed by atoms with Crippen LogP contribution in [0.2, 0.25) is 0 Å². The minimum absolute atomic E-state index is 0.137. The highest BCUT2D eigenvalue weighted by Crippen LogP contribution is 2.23. The molecule has 0 saturated carbocycles. The van der Waals surface area contributed by atoms with Crippen molar-refractivity contribution in [3.05, 3.63) is 72.1 Å². The van der Waals surface area contributed by atoms with E-state index in [0.717, 1.165) is 29.2 Å². The van der Waals surface area contributed by atoms with Crippen molar-refractivity contribution in [1.29, 1.82) is 0 Å². The number of hydrogen-bond acceptors (Lipinski definition) is 3. The number of anilines is 1. The van der Waals surface area contributed by atoms with Crippen LogP contribution in [0.25, 0.3) is 0 Å². The molecule has 0 fully saturated rings. The second-order valence-electron chi connectivity index (χ2n) is 5.33. The first-order valence-corrected chi connectivity index (χ1v) is 8.90. The van der Waals surface area contributed by atoms with E-state index < -0.39 is 46.1 Å². The third-order valence-electron chi connectivity index (χ3n) is 3.53. The Hall–Kier alpha value is -2.78. The van der Waals surface area contributed by atoms with Crippen molar-refractivity contribution >= 4 is 28.8 Å². The van der Waals surface area contributed by atoms with Crippen LogP contribution in [0.3, 0.4) is 0 Å². The Morgan fingerprint density at radius 3 is 2.37 bits per heavy atom. The standard InChI is InChI=1S/C18H15F3N2O3S/c1-3-9-27(26)11-7-8-15(14(21)10-11)23(2)18(25)22-17(24)16-12(19)5-4-6-13(16)20/h3-8,10H,1,9H2,2H3,(H,22,24,25). The summed E-state index contributed by atoms with van der Waals surface area (Å²) in [5.41, 5.74) is -1.14. The van der Waals surface area contributed by atoms with Crippen LogP contribution < -0.4 is 10.2 Å². The second-order valence-corrected chi connectivity index (χ2v) is 6.82. The van der Waals surface area contributed by atoms with Crippen molar-refractivity contribution in [2.75, 3.05) is 17.7 Å². The van der Waals surface area contributed by atoms with E-state index in [0.29, 0.717) is 0 Å². The van der Waals surface area contributed by atoms with Gasteiger partial charge in [0.2, 0.25) is 0 Å². The van der Waals surface area contributed by atoms with Gasteiger partial charge in [-0.15, -0.1) is 0 Å². The molecule has 0 bridgehead atoms. The van der Waals surface area contributed by atoms with E-state index >= 15 is 0 Å². The maximum absolute atomic E-state index is 14.3. The molecule has 9 heteroatoms. The summed E-state index contributed by atoms with van der Waals surface area (Å²) in [6.45, 7) is 3.45. The fourth-order valence-corrected chi connectivity index (χ4v) is 3.03. The summed E-state index contributed by atoms with van der Waals surface area (Å²) in [5.74, 6) is -4.29. The first-order valence-electron chi connectivity index (χ1n) is 7.58. The van der Waals surface area contributed by atoms with Crippen molar-refractivity contribution in [2.45, 2.75) is 4.90 Å². The molecule has 0 spiro atoms. The summed E-state index contributed by atoms with van der Waals surface area (Å²) >= 11 is -1.48. The van der Waals surface area contributed by atoms with Crippen LogP contribution in [0, 0.1) is 17.5 Å². The average molecular weight is 396 g/mol. The zero-order chi connectivity index (χ0) is 20.1. The predicted molar refractivity (Wildman–Crippen MR) is 95.5 cm³/mol. The van der Waals surface area contributed by atoms with Crippen LogP contribution in [0.5, 0.6) is 0 Å². The van der Waals surface area contributed by atoms with Crippen LogP contribution in [0.4, 0.5) is 23.7 Å². The molecule has 0 heterocycles. The molecule has 27 heavy (non-hydrogen) atoms. The number of amides is 3. The van der Waals surface area contributed by atoms with E-state index in [1.807, 2.05) is 0 Å². The number of urea groups is 1. The number of benzene rings is 2. The van der Waals surface area contributed by atoms with Gasteiger partial charge in [0.05, 0.1) is 5.69 Å². The van der Waals surface area contributed by atoms with E-state index in [1.54, 1.807) is 5.32 Å². The van der Waals surface area contributed by atoms with Crippen LogP contribution in [0.1, 0.15) is 10.4 Å². The summed E-state index contributed by atoms with van der Waals surface area (Å²) in [6, 6.07) is 5.28. The molecule has 0 saturated heterocycles. The Morgan fingerprint density at radius 2 is 1.81 bits per heavy atom. The van der Waals surface area contributed by atoms with Crippen molar-refractivity contribution in [2.24, 2.45) is 0 Å². The van der Waals surface area contributed by atoms with E-state index in [1.165, 1.54) is 25.3 Å². The van der Waals surface area contributed by atoms with Gasteiger partial charge in [-0.1, -0.05) is 12.6 Å². The van der Waals surface area contributed by atoms with Crippen LogP contribution in [0.15, 0.2) is 53.9 Å². The molecule has 2 aromatic rings. The number of carbonyl (C=O) groups excluding carboxylic acids is 2. The fourth-order valence-electron chi connectivity index (χ4n) is 2.17. The lowest BCUT2D eigenvalue weighted by Gasteiger charge is -2.19. The Bertz CT molecular complexity index is 872. The molecule has 1 unspecified atom stereocenters. The van der Waals surface area contributed by atoms with Crippen LogP contribution in [-0.2, 0) is 11.2 Å². The van der Waals surface area contributed by atoms with Crippen LogP contribution >= 0.6 is 0 Å².